The minimum absolute atomic E-state index is 0.387. The fourth-order valence-corrected chi connectivity index (χ4v) is 2.12. The maximum absolute atomic E-state index is 5.43. The third kappa shape index (κ3) is 1.12. The lowest BCUT2D eigenvalue weighted by Crippen LogP contribution is -2.39. The summed E-state index contributed by atoms with van der Waals surface area (Å²) in [5.41, 5.74) is 4.43. The normalized spacial score (nSPS) is 35.2. The number of nitrogens with two attached hydrogens (primary N) is 1. The second-order valence-electron chi connectivity index (χ2n) is 3.32. The van der Waals surface area contributed by atoms with Crippen molar-refractivity contribution >= 4 is 0 Å². The van der Waals surface area contributed by atoms with Crippen molar-refractivity contribution in [2.24, 2.45) is 11.8 Å². The molecule has 2 heteroatoms. The van der Waals surface area contributed by atoms with Crippen LogP contribution in [0, 0.1) is 5.92 Å². The maximum Gasteiger partial charge on any atom is 0.0459 e. The topological polar surface area (TPSA) is 38.0 Å². The Balaban J connectivity index is 2.18. The van der Waals surface area contributed by atoms with Gasteiger partial charge in [-0.2, -0.15) is 0 Å². The molecule has 2 nitrogen and oxygen atoms in total. The van der Waals surface area contributed by atoms with Crippen LogP contribution in [-0.2, 0) is 0 Å². The van der Waals surface area contributed by atoms with Crippen molar-refractivity contribution in [2.45, 2.75) is 25.3 Å². The SMILES string of the molecule is NNC1C=CC=C2CCCC21. The third-order valence-corrected chi connectivity index (χ3v) is 2.71. The molecule has 0 amide bonds. The van der Waals surface area contributed by atoms with E-state index in [1.165, 1.54) is 19.3 Å². The van der Waals surface area contributed by atoms with Crippen LogP contribution in [0.15, 0.2) is 23.8 Å². The molecule has 1 saturated carbocycles. The molecular formula is C9H14N2. The summed E-state index contributed by atoms with van der Waals surface area (Å²) in [6.07, 6.45) is 10.4. The van der Waals surface area contributed by atoms with Gasteiger partial charge in [-0.05, 0) is 19.3 Å². The van der Waals surface area contributed by atoms with Gasteiger partial charge in [0, 0.05) is 12.0 Å². The van der Waals surface area contributed by atoms with Crippen molar-refractivity contribution in [1.82, 2.24) is 5.43 Å². The zero-order chi connectivity index (χ0) is 7.68. The third-order valence-electron chi connectivity index (χ3n) is 2.71. The van der Waals surface area contributed by atoms with E-state index in [0.29, 0.717) is 12.0 Å². The van der Waals surface area contributed by atoms with E-state index in [1.807, 2.05) is 0 Å². The van der Waals surface area contributed by atoms with E-state index >= 15 is 0 Å². The van der Waals surface area contributed by atoms with Crippen LogP contribution in [0.1, 0.15) is 19.3 Å². The quantitative estimate of drug-likeness (QED) is 0.434. The van der Waals surface area contributed by atoms with E-state index in [4.69, 9.17) is 5.84 Å². The Morgan fingerprint density at radius 3 is 3.27 bits per heavy atom. The average Bonchev–Trinajstić information content (AvgIpc) is 2.50. The second-order valence-corrected chi connectivity index (χ2v) is 3.32. The Kier molecular flexibility index (Phi) is 1.80. The van der Waals surface area contributed by atoms with E-state index in [1.54, 1.807) is 5.57 Å². The molecule has 0 saturated heterocycles. The summed E-state index contributed by atoms with van der Waals surface area (Å²) in [6, 6.07) is 0.387. The second kappa shape index (κ2) is 2.80. The smallest absolute Gasteiger partial charge is 0.0459 e. The number of rotatable bonds is 1. The van der Waals surface area contributed by atoms with Crippen LogP contribution in [0.2, 0.25) is 0 Å². The molecular weight excluding hydrogens is 136 g/mol. The maximum atomic E-state index is 5.43. The molecule has 0 spiro atoms. The molecule has 0 aromatic rings. The first kappa shape index (κ1) is 7.07. The Morgan fingerprint density at radius 2 is 2.45 bits per heavy atom. The highest BCUT2D eigenvalue weighted by Crippen LogP contribution is 2.35. The number of nitrogens with one attached hydrogen (secondary N) is 1. The number of fused-ring (bicyclic) bond motifs is 1. The minimum atomic E-state index is 0.387. The van der Waals surface area contributed by atoms with E-state index in [9.17, 15) is 0 Å². The van der Waals surface area contributed by atoms with Crippen molar-refractivity contribution in [1.29, 1.82) is 0 Å². The molecule has 2 atom stereocenters. The number of hydrazine groups is 1. The van der Waals surface area contributed by atoms with Gasteiger partial charge in [-0.25, -0.2) is 0 Å². The zero-order valence-corrected chi connectivity index (χ0v) is 6.59. The molecule has 0 bridgehead atoms. The van der Waals surface area contributed by atoms with Crippen LogP contribution in [0.3, 0.4) is 0 Å². The molecule has 2 aliphatic carbocycles. The van der Waals surface area contributed by atoms with Crippen LogP contribution < -0.4 is 11.3 Å². The number of hydrogen-bond acceptors (Lipinski definition) is 2. The summed E-state index contributed by atoms with van der Waals surface area (Å²) in [7, 11) is 0. The lowest BCUT2D eigenvalue weighted by molar-refractivity contribution is 0.467. The van der Waals surface area contributed by atoms with Crippen LogP contribution in [0.4, 0.5) is 0 Å². The van der Waals surface area contributed by atoms with Crippen LogP contribution >= 0.6 is 0 Å². The van der Waals surface area contributed by atoms with Gasteiger partial charge in [-0.3, -0.25) is 11.3 Å². The molecule has 0 aromatic heterocycles. The highest BCUT2D eigenvalue weighted by molar-refractivity contribution is 5.27. The van der Waals surface area contributed by atoms with Crippen LogP contribution in [-0.4, -0.2) is 6.04 Å². The van der Waals surface area contributed by atoms with Crippen LogP contribution in [0.25, 0.3) is 0 Å². The van der Waals surface area contributed by atoms with Gasteiger partial charge in [-0.15, -0.1) is 0 Å². The summed E-state index contributed by atoms with van der Waals surface area (Å²) in [5, 5.41) is 0. The lowest BCUT2D eigenvalue weighted by Gasteiger charge is -2.23. The zero-order valence-electron chi connectivity index (χ0n) is 6.59. The molecule has 0 aliphatic heterocycles. The Labute approximate surface area is 67.1 Å². The van der Waals surface area contributed by atoms with Gasteiger partial charge in [-0.1, -0.05) is 23.8 Å². The summed E-state index contributed by atoms with van der Waals surface area (Å²) in [5.74, 6) is 6.12. The highest BCUT2D eigenvalue weighted by Gasteiger charge is 2.27. The number of hydrogen-bond donors (Lipinski definition) is 2. The minimum Gasteiger partial charge on any atom is -0.271 e. The van der Waals surface area contributed by atoms with E-state index in [2.05, 4.69) is 23.7 Å². The molecule has 11 heavy (non-hydrogen) atoms. The van der Waals surface area contributed by atoms with Gasteiger partial charge < -0.3 is 0 Å². The van der Waals surface area contributed by atoms with E-state index < -0.39 is 0 Å². The van der Waals surface area contributed by atoms with Crippen molar-refractivity contribution in [3.05, 3.63) is 23.8 Å². The van der Waals surface area contributed by atoms with E-state index in [-0.39, 0.29) is 0 Å². The monoisotopic (exact) mass is 150 g/mol. The van der Waals surface area contributed by atoms with Crippen molar-refractivity contribution in [2.75, 3.05) is 0 Å². The summed E-state index contributed by atoms with van der Waals surface area (Å²) in [6.45, 7) is 0. The van der Waals surface area contributed by atoms with Crippen molar-refractivity contribution in [3.8, 4) is 0 Å². The standard InChI is InChI=1S/C9H14N2/c10-11-9-6-2-4-7-3-1-5-8(7)9/h2,4,6,8-9,11H,1,3,5,10H2. The van der Waals surface area contributed by atoms with Crippen molar-refractivity contribution < 1.29 is 0 Å². The fraction of sp³-hybridized carbons (Fsp3) is 0.556. The molecule has 2 unspecified atom stereocenters. The van der Waals surface area contributed by atoms with Gasteiger partial charge in [0.1, 0.15) is 0 Å². The van der Waals surface area contributed by atoms with Gasteiger partial charge in [0.25, 0.3) is 0 Å². The molecule has 0 heterocycles. The Hall–Kier alpha value is -0.600. The van der Waals surface area contributed by atoms with Gasteiger partial charge >= 0.3 is 0 Å². The molecule has 1 fully saturated rings. The summed E-state index contributed by atoms with van der Waals surface area (Å²) in [4.78, 5) is 0. The highest BCUT2D eigenvalue weighted by atomic mass is 15.2. The lowest BCUT2D eigenvalue weighted by atomic mass is 9.90. The number of allylic oxidation sites excluding steroid dienone is 2. The summed E-state index contributed by atoms with van der Waals surface area (Å²) >= 11 is 0. The first-order valence-electron chi connectivity index (χ1n) is 4.25. The first-order chi connectivity index (χ1) is 5.42. The largest absolute Gasteiger partial charge is 0.271 e. The summed E-state index contributed by atoms with van der Waals surface area (Å²) < 4.78 is 0. The molecule has 0 aromatic carbocycles. The molecule has 60 valence electrons. The van der Waals surface area contributed by atoms with Gasteiger partial charge in [0.2, 0.25) is 0 Å². The van der Waals surface area contributed by atoms with Gasteiger partial charge in [0.05, 0.1) is 0 Å². The first-order valence-corrected chi connectivity index (χ1v) is 4.25. The molecule has 2 rings (SSSR count). The van der Waals surface area contributed by atoms with E-state index in [0.717, 1.165) is 0 Å². The molecule has 3 N–H and O–H groups in total. The molecule has 2 aliphatic rings. The average molecular weight is 150 g/mol. The molecule has 0 radical (unpaired) electrons. The van der Waals surface area contributed by atoms with Crippen LogP contribution in [0.5, 0.6) is 0 Å². The fourth-order valence-electron chi connectivity index (χ4n) is 2.12. The van der Waals surface area contributed by atoms with Gasteiger partial charge in [0.15, 0.2) is 0 Å². The Bertz CT molecular complexity index is 206. The Morgan fingerprint density at radius 1 is 1.55 bits per heavy atom. The van der Waals surface area contributed by atoms with Crippen molar-refractivity contribution in [3.63, 3.8) is 0 Å². The predicted molar refractivity (Wildman–Crippen MR) is 45.7 cm³/mol. The predicted octanol–water partition coefficient (Wildman–Crippen LogP) is 1.11.